The van der Waals surface area contributed by atoms with Crippen LogP contribution >= 0.6 is 11.6 Å². The van der Waals surface area contributed by atoms with E-state index in [-0.39, 0.29) is 23.7 Å². The van der Waals surface area contributed by atoms with Gasteiger partial charge >= 0.3 is 5.97 Å². The van der Waals surface area contributed by atoms with Crippen LogP contribution in [0.4, 0.5) is 15.8 Å². The van der Waals surface area contributed by atoms with E-state index in [1.165, 1.54) is 36.3 Å². The van der Waals surface area contributed by atoms with Crippen LogP contribution in [0.25, 0.3) is 6.08 Å². The van der Waals surface area contributed by atoms with E-state index in [0.29, 0.717) is 33.4 Å². The molecular formula is C28H22ClFN2O5. The number of methoxy groups -OCH3 is 1. The predicted octanol–water partition coefficient (Wildman–Crippen LogP) is 5.37. The summed E-state index contributed by atoms with van der Waals surface area (Å²) >= 11 is 6.05. The zero-order chi connectivity index (χ0) is 26.5. The molecule has 3 aromatic carbocycles. The van der Waals surface area contributed by atoms with Gasteiger partial charge in [-0.15, -0.1) is 0 Å². The number of carbonyl (C=O) groups excluding carboxylic acids is 3. The average Bonchev–Trinajstić information content (AvgIpc) is 3.14. The summed E-state index contributed by atoms with van der Waals surface area (Å²) in [5.74, 6) is -1.49. The highest BCUT2D eigenvalue weighted by atomic mass is 35.5. The van der Waals surface area contributed by atoms with Gasteiger partial charge in [-0.25, -0.2) is 9.18 Å². The van der Waals surface area contributed by atoms with Crippen molar-refractivity contribution in [1.29, 1.82) is 0 Å². The van der Waals surface area contributed by atoms with Crippen molar-refractivity contribution < 1.29 is 28.2 Å². The molecule has 0 aromatic heterocycles. The Balaban J connectivity index is 1.50. The Morgan fingerprint density at radius 3 is 2.35 bits per heavy atom. The number of rotatable bonds is 7. The summed E-state index contributed by atoms with van der Waals surface area (Å²) in [5, 5.41) is 3.09. The minimum atomic E-state index is -0.661. The summed E-state index contributed by atoms with van der Waals surface area (Å²) in [6.45, 7) is 1.39. The number of halogens is 2. The Morgan fingerprint density at radius 1 is 1.03 bits per heavy atom. The van der Waals surface area contributed by atoms with Gasteiger partial charge in [0.05, 0.1) is 29.0 Å². The third-order valence-electron chi connectivity index (χ3n) is 5.58. The minimum absolute atomic E-state index is 0.119. The van der Waals surface area contributed by atoms with E-state index in [1.807, 2.05) is 0 Å². The number of nitrogens with one attached hydrogen (secondary N) is 1. The van der Waals surface area contributed by atoms with Crippen LogP contribution in [0.15, 0.2) is 89.6 Å². The highest BCUT2D eigenvalue weighted by Crippen LogP contribution is 2.35. The number of esters is 1. The fraction of sp³-hybridized carbons (Fsp3) is 0.107. The Bertz CT molecular complexity index is 1420. The van der Waals surface area contributed by atoms with Crippen molar-refractivity contribution in [3.8, 4) is 5.75 Å². The maximum absolute atomic E-state index is 13.4. The predicted molar refractivity (Wildman–Crippen MR) is 139 cm³/mol. The summed E-state index contributed by atoms with van der Waals surface area (Å²) in [6, 6.07) is 18.9. The van der Waals surface area contributed by atoms with E-state index in [2.05, 4.69) is 5.32 Å². The average molecular weight is 521 g/mol. The fourth-order valence-electron chi connectivity index (χ4n) is 3.81. The molecule has 0 saturated carbocycles. The molecule has 0 saturated heterocycles. The second kappa shape index (κ2) is 11.1. The SMILES string of the molecule is COC(=O)C1=C(C)N(c2ccc(F)cc2)C(=O)/C1=C\c1ccc(OCC(=O)Nc2ccccc2Cl)cc1. The van der Waals surface area contributed by atoms with Gasteiger partial charge in [0.1, 0.15) is 11.6 Å². The highest BCUT2D eigenvalue weighted by molar-refractivity contribution is 6.33. The number of carbonyl (C=O) groups is 3. The topological polar surface area (TPSA) is 84.9 Å². The van der Waals surface area contributed by atoms with E-state index in [4.69, 9.17) is 21.1 Å². The van der Waals surface area contributed by atoms with Gasteiger partial charge in [0.15, 0.2) is 6.61 Å². The van der Waals surface area contributed by atoms with Gasteiger partial charge in [0, 0.05) is 11.4 Å². The number of para-hydroxylation sites is 1. The van der Waals surface area contributed by atoms with Gasteiger partial charge in [-0.1, -0.05) is 35.9 Å². The van der Waals surface area contributed by atoms with Crippen molar-refractivity contribution in [2.24, 2.45) is 0 Å². The van der Waals surface area contributed by atoms with Crippen LogP contribution in [0.3, 0.4) is 0 Å². The molecule has 0 bridgehead atoms. The van der Waals surface area contributed by atoms with Gasteiger partial charge < -0.3 is 14.8 Å². The molecular weight excluding hydrogens is 499 g/mol. The number of anilines is 2. The maximum atomic E-state index is 13.4. The van der Waals surface area contributed by atoms with Crippen molar-refractivity contribution in [2.45, 2.75) is 6.92 Å². The zero-order valence-electron chi connectivity index (χ0n) is 20.0. The van der Waals surface area contributed by atoms with Gasteiger partial charge in [0.25, 0.3) is 11.8 Å². The maximum Gasteiger partial charge on any atom is 0.340 e. The Hall–Kier alpha value is -4.43. The van der Waals surface area contributed by atoms with Crippen LogP contribution in [-0.4, -0.2) is 31.5 Å². The van der Waals surface area contributed by atoms with E-state index >= 15 is 0 Å². The second-order valence-electron chi connectivity index (χ2n) is 8.01. The molecule has 188 valence electrons. The molecule has 0 atom stereocenters. The Kier molecular flexibility index (Phi) is 7.69. The number of ether oxygens (including phenoxy) is 2. The molecule has 37 heavy (non-hydrogen) atoms. The van der Waals surface area contributed by atoms with E-state index < -0.39 is 17.7 Å². The smallest absolute Gasteiger partial charge is 0.340 e. The first kappa shape index (κ1) is 25.7. The van der Waals surface area contributed by atoms with Crippen LogP contribution in [-0.2, 0) is 19.1 Å². The standard InChI is InChI=1S/C28H22ClFN2O5/c1-17-26(28(35)36-2)22(27(34)32(17)20-11-9-19(30)10-12-20)15-18-7-13-21(14-8-18)37-16-25(33)31-24-6-4-3-5-23(24)29/h3-15H,16H2,1-2H3,(H,31,33)/b22-15-. The van der Waals surface area contributed by atoms with E-state index in [1.54, 1.807) is 61.5 Å². The normalized spacial score (nSPS) is 14.2. The Labute approximate surface area is 217 Å². The highest BCUT2D eigenvalue weighted by Gasteiger charge is 2.37. The largest absolute Gasteiger partial charge is 0.484 e. The lowest BCUT2D eigenvalue weighted by atomic mass is 10.0. The summed E-state index contributed by atoms with van der Waals surface area (Å²) in [6.07, 6.45) is 1.56. The van der Waals surface area contributed by atoms with Gasteiger partial charge in [-0.3, -0.25) is 14.5 Å². The molecule has 0 radical (unpaired) electrons. The number of hydrogen-bond acceptors (Lipinski definition) is 5. The molecule has 0 aliphatic carbocycles. The molecule has 0 spiro atoms. The second-order valence-corrected chi connectivity index (χ2v) is 8.42. The van der Waals surface area contributed by atoms with Gasteiger partial charge in [-0.05, 0) is 67.1 Å². The molecule has 9 heteroatoms. The number of nitrogens with zero attached hydrogens (tertiary/aromatic N) is 1. The lowest BCUT2D eigenvalue weighted by molar-refractivity contribution is -0.136. The van der Waals surface area contributed by atoms with Crippen LogP contribution in [0, 0.1) is 5.82 Å². The molecule has 2 amide bonds. The fourth-order valence-corrected chi connectivity index (χ4v) is 3.99. The number of benzene rings is 3. The van der Waals surface area contributed by atoms with E-state index in [0.717, 1.165) is 0 Å². The molecule has 1 N–H and O–H groups in total. The molecule has 1 heterocycles. The summed E-state index contributed by atoms with van der Waals surface area (Å²) < 4.78 is 23.8. The summed E-state index contributed by atoms with van der Waals surface area (Å²) in [7, 11) is 1.24. The third-order valence-corrected chi connectivity index (χ3v) is 5.91. The zero-order valence-corrected chi connectivity index (χ0v) is 20.7. The van der Waals surface area contributed by atoms with Crippen LogP contribution in [0.5, 0.6) is 5.75 Å². The first-order valence-corrected chi connectivity index (χ1v) is 11.5. The quantitative estimate of drug-likeness (QED) is 0.334. The van der Waals surface area contributed by atoms with Crippen LogP contribution in [0.1, 0.15) is 12.5 Å². The molecule has 0 fully saturated rings. The third kappa shape index (κ3) is 5.70. The first-order chi connectivity index (χ1) is 17.8. The van der Waals surface area contributed by atoms with Crippen molar-refractivity contribution in [1.82, 2.24) is 0 Å². The minimum Gasteiger partial charge on any atom is -0.484 e. The van der Waals surface area contributed by atoms with Crippen molar-refractivity contribution in [3.63, 3.8) is 0 Å². The first-order valence-electron chi connectivity index (χ1n) is 11.2. The number of allylic oxidation sites excluding steroid dienone is 1. The monoisotopic (exact) mass is 520 g/mol. The van der Waals surface area contributed by atoms with Crippen LogP contribution < -0.4 is 15.0 Å². The molecule has 3 aromatic rings. The molecule has 1 aliphatic rings. The van der Waals surface area contributed by atoms with Gasteiger partial charge in [0.2, 0.25) is 0 Å². The lowest BCUT2D eigenvalue weighted by Crippen LogP contribution is -2.24. The summed E-state index contributed by atoms with van der Waals surface area (Å²) in [5.41, 5.74) is 2.16. The summed E-state index contributed by atoms with van der Waals surface area (Å²) in [4.78, 5) is 39.3. The lowest BCUT2D eigenvalue weighted by Gasteiger charge is -2.17. The number of amides is 2. The van der Waals surface area contributed by atoms with Crippen molar-refractivity contribution in [3.05, 3.63) is 106 Å². The van der Waals surface area contributed by atoms with Crippen LogP contribution in [0.2, 0.25) is 5.02 Å². The molecule has 0 unspecified atom stereocenters. The molecule has 4 rings (SSSR count). The van der Waals surface area contributed by atoms with Crippen molar-refractivity contribution >= 4 is 46.8 Å². The van der Waals surface area contributed by atoms with E-state index in [9.17, 15) is 18.8 Å². The Morgan fingerprint density at radius 2 is 1.70 bits per heavy atom. The number of hydrogen-bond donors (Lipinski definition) is 1. The molecule has 1 aliphatic heterocycles. The van der Waals surface area contributed by atoms with Gasteiger partial charge in [-0.2, -0.15) is 0 Å². The molecule has 7 nitrogen and oxygen atoms in total. The van der Waals surface area contributed by atoms with Crippen molar-refractivity contribution in [2.75, 3.05) is 23.9 Å².